The van der Waals surface area contributed by atoms with Crippen molar-refractivity contribution in [1.82, 2.24) is 15.0 Å². The van der Waals surface area contributed by atoms with Crippen molar-refractivity contribution in [2.45, 2.75) is 13.8 Å². The van der Waals surface area contributed by atoms with Gasteiger partial charge >= 0.3 is 0 Å². The number of hydrogen-bond acceptors (Lipinski definition) is 5. The summed E-state index contributed by atoms with van der Waals surface area (Å²) < 4.78 is 0.978. The molecule has 2 aromatic heterocycles. The molecule has 3 aromatic rings. The van der Waals surface area contributed by atoms with Crippen LogP contribution in [0, 0.1) is 13.8 Å². The Morgan fingerprint density at radius 3 is 2.58 bits per heavy atom. The van der Waals surface area contributed by atoms with Crippen molar-refractivity contribution in [3.05, 3.63) is 64.5 Å². The quantitative estimate of drug-likeness (QED) is 0.663. The normalized spacial score (nSPS) is 10.4. The molecule has 2 heterocycles. The first kappa shape index (κ1) is 18.0. The number of rotatable bonds is 5. The Hall–Kier alpha value is -2.80. The Balaban J connectivity index is 1.67. The third-order valence-corrected chi connectivity index (χ3v) is 4.18. The van der Waals surface area contributed by atoms with Crippen LogP contribution in [0.2, 0.25) is 0 Å². The van der Waals surface area contributed by atoms with Crippen LogP contribution in [0.3, 0.4) is 0 Å². The Kier molecular flexibility index (Phi) is 5.58. The minimum absolute atomic E-state index is 0.113. The van der Waals surface area contributed by atoms with Gasteiger partial charge in [0.1, 0.15) is 5.82 Å². The Labute approximate surface area is 160 Å². The van der Waals surface area contributed by atoms with Crippen LogP contribution in [0.1, 0.15) is 11.3 Å². The van der Waals surface area contributed by atoms with E-state index in [0.29, 0.717) is 11.6 Å². The maximum absolute atomic E-state index is 12.2. The molecule has 6 nitrogen and oxygen atoms in total. The van der Waals surface area contributed by atoms with Crippen molar-refractivity contribution in [3.63, 3.8) is 0 Å². The maximum atomic E-state index is 12.2. The molecular formula is C19H18BrN5O. The molecule has 0 spiro atoms. The van der Waals surface area contributed by atoms with E-state index < -0.39 is 0 Å². The standard InChI is InChI=1S/C19H18BrN5O/c1-12-9-15(20)3-4-16(12)24-18(26)11-22-17-10-13(2)23-19(25-17)14-5-7-21-8-6-14/h3-10H,11H2,1-2H3,(H,24,26)(H,22,23,25). The van der Waals surface area contributed by atoms with Gasteiger partial charge in [0.05, 0.1) is 6.54 Å². The molecule has 0 unspecified atom stereocenters. The molecule has 1 amide bonds. The average Bonchev–Trinajstić information content (AvgIpc) is 2.63. The zero-order valence-corrected chi connectivity index (χ0v) is 16.0. The highest BCUT2D eigenvalue weighted by molar-refractivity contribution is 9.10. The van der Waals surface area contributed by atoms with Crippen LogP contribution < -0.4 is 10.6 Å². The summed E-state index contributed by atoms with van der Waals surface area (Å²) in [6.07, 6.45) is 3.39. The van der Waals surface area contributed by atoms with Gasteiger partial charge in [-0.2, -0.15) is 0 Å². The monoisotopic (exact) mass is 411 g/mol. The molecule has 0 radical (unpaired) electrons. The number of anilines is 2. The van der Waals surface area contributed by atoms with E-state index in [2.05, 4.69) is 41.5 Å². The van der Waals surface area contributed by atoms with Gasteiger partial charge in [-0.05, 0) is 49.7 Å². The first-order valence-corrected chi connectivity index (χ1v) is 8.86. The van der Waals surface area contributed by atoms with Crippen LogP contribution in [-0.4, -0.2) is 27.4 Å². The van der Waals surface area contributed by atoms with E-state index >= 15 is 0 Å². The summed E-state index contributed by atoms with van der Waals surface area (Å²) in [4.78, 5) is 25.1. The van der Waals surface area contributed by atoms with Crippen molar-refractivity contribution in [3.8, 4) is 11.4 Å². The van der Waals surface area contributed by atoms with Crippen molar-refractivity contribution >= 4 is 33.3 Å². The fourth-order valence-corrected chi connectivity index (χ4v) is 2.90. The van der Waals surface area contributed by atoms with Crippen LogP contribution in [0.25, 0.3) is 11.4 Å². The number of aryl methyl sites for hydroxylation is 2. The first-order chi connectivity index (χ1) is 12.5. The van der Waals surface area contributed by atoms with Crippen LogP contribution >= 0.6 is 15.9 Å². The molecule has 0 bridgehead atoms. The molecule has 0 saturated carbocycles. The third-order valence-electron chi connectivity index (χ3n) is 3.69. The summed E-state index contributed by atoms with van der Waals surface area (Å²) in [6, 6.07) is 11.2. The number of carbonyl (C=O) groups is 1. The smallest absolute Gasteiger partial charge is 0.243 e. The summed E-state index contributed by atoms with van der Waals surface area (Å²) in [5, 5.41) is 5.95. The second kappa shape index (κ2) is 8.05. The van der Waals surface area contributed by atoms with E-state index in [9.17, 15) is 4.79 Å². The zero-order chi connectivity index (χ0) is 18.5. The first-order valence-electron chi connectivity index (χ1n) is 8.07. The van der Waals surface area contributed by atoms with Crippen molar-refractivity contribution < 1.29 is 4.79 Å². The van der Waals surface area contributed by atoms with E-state index in [0.717, 1.165) is 27.0 Å². The molecule has 0 saturated heterocycles. The Bertz CT molecular complexity index is 930. The number of hydrogen-bond donors (Lipinski definition) is 2. The maximum Gasteiger partial charge on any atom is 0.243 e. The lowest BCUT2D eigenvalue weighted by atomic mass is 10.2. The molecule has 0 aliphatic heterocycles. The predicted molar refractivity (Wildman–Crippen MR) is 106 cm³/mol. The van der Waals surface area contributed by atoms with E-state index in [-0.39, 0.29) is 12.5 Å². The fraction of sp³-hybridized carbons (Fsp3) is 0.158. The zero-order valence-electron chi connectivity index (χ0n) is 14.5. The van der Waals surface area contributed by atoms with Crippen molar-refractivity contribution in [2.24, 2.45) is 0 Å². The van der Waals surface area contributed by atoms with Crippen LogP contribution in [-0.2, 0) is 4.79 Å². The van der Waals surface area contributed by atoms with Gasteiger partial charge in [-0.15, -0.1) is 0 Å². The molecule has 1 aromatic carbocycles. The van der Waals surface area contributed by atoms with Crippen LogP contribution in [0.5, 0.6) is 0 Å². The number of aromatic nitrogens is 3. The van der Waals surface area contributed by atoms with Gasteiger partial charge in [-0.1, -0.05) is 15.9 Å². The lowest BCUT2D eigenvalue weighted by molar-refractivity contribution is -0.114. The predicted octanol–water partition coefficient (Wildman–Crippen LogP) is 3.97. The minimum Gasteiger partial charge on any atom is -0.361 e. The minimum atomic E-state index is -0.142. The topological polar surface area (TPSA) is 79.8 Å². The van der Waals surface area contributed by atoms with Gasteiger partial charge in [-0.3, -0.25) is 9.78 Å². The molecule has 0 atom stereocenters. The summed E-state index contributed by atoms with van der Waals surface area (Å²) in [5.74, 6) is 1.06. The lowest BCUT2D eigenvalue weighted by Gasteiger charge is -2.11. The molecular weight excluding hydrogens is 394 g/mol. The second-order valence-electron chi connectivity index (χ2n) is 5.82. The van der Waals surface area contributed by atoms with E-state index in [1.807, 2.05) is 50.2 Å². The largest absolute Gasteiger partial charge is 0.361 e. The molecule has 2 N–H and O–H groups in total. The average molecular weight is 412 g/mol. The Morgan fingerprint density at radius 1 is 1.08 bits per heavy atom. The summed E-state index contributed by atoms with van der Waals surface area (Å²) >= 11 is 3.41. The second-order valence-corrected chi connectivity index (χ2v) is 6.73. The number of carbonyl (C=O) groups excluding carboxylic acids is 1. The SMILES string of the molecule is Cc1cc(NCC(=O)Nc2ccc(Br)cc2C)nc(-c2ccncc2)n1. The van der Waals surface area contributed by atoms with Crippen LogP contribution in [0.4, 0.5) is 11.5 Å². The molecule has 0 aliphatic carbocycles. The van der Waals surface area contributed by atoms with Gasteiger partial charge < -0.3 is 10.6 Å². The molecule has 0 aliphatic rings. The van der Waals surface area contributed by atoms with Gasteiger partial charge in [-0.25, -0.2) is 9.97 Å². The molecule has 3 rings (SSSR count). The van der Waals surface area contributed by atoms with Gasteiger partial charge in [0.2, 0.25) is 5.91 Å². The highest BCUT2D eigenvalue weighted by Gasteiger charge is 2.08. The molecule has 7 heteroatoms. The van der Waals surface area contributed by atoms with Gasteiger partial charge in [0.25, 0.3) is 0 Å². The van der Waals surface area contributed by atoms with E-state index in [1.54, 1.807) is 12.4 Å². The number of amides is 1. The number of nitrogens with zero attached hydrogens (tertiary/aromatic N) is 3. The Morgan fingerprint density at radius 2 is 1.85 bits per heavy atom. The third kappa shape index (κ3) is 4.64. The lowest BCUT2D eigenvalue weighted by Crippen LogP contribution is -2.22. The number of benzene rings is 1. The molecule has 0 fully saturated rings. The fourth-order valence-electron chi connectivity index (χ4n) is 2.42. The van der Waals surface area contributed by atoms with E-state index in [1.165, 1.54) is 0 Å². The highest BCUT2D eigenvalue weighted by Crippen LogP contribution is 2.20. The van der Waals surface area contributed by atoms with Gasteiger partial charge in [0, 0.05) is 39.9 Å². The number of halogens is 1. The van der Waals surface area contributed by atoms with Crippen LogP contribution in [0.15, 0.2) is 53.3 Å². The molecule has 26 heavy (non-hydrogen) atoms. The number of pyridine rings is 1. The summed E-state index contributed by atoms with van der Waals surface area (Å²) in [7, 11) is 0. The van der Waals surface area contributed by atoms with Crippen molar-refractivity contribution in [2.75, 3.05) is 17.2 Å². The van der Waals surface area contributed by atoms with Gasteiger partial charge in [0.15, 0.2) is 5.82 Å². The summed E-state index contributed by atoms with van der Waals surface area (Å²) in [5.41, 5.74) is 3.47. The highest BCUT2D eigenvalue weighted by atomic mass is 79.9. The van der Waals surface area contributed by atoms with Crippen molar-refractivity contribution in [1.29, 1.82) is 0 Å². The van der Waals surface area contributed by atoms with E-state index in [4.69, 9.17) is 0 Å². The molecule has 132 valence electrons. The number of nitrogens with one attached hydrogen (secondary N) is 2. The summed E-state index contributed by atoms with van der Waals surface area (Å²) in [6.45, 7) is 3.95.